The second-order valence-electron chi connectivity index (χ2n) is 6.66. The number of carbonyl (C=O) groups excluding carboxylic acids is 1. The molecule has 0 saturated carbocycles. The number of para-hydroxylation sites is 1. The Balaban J connectivity index is 1.57. The van der Waals surface area contributed by atoms with Crippen LogP contribution in [0.4, 0.5) is 13.2 Å². The van der Waals surface area contributed by atoms with Gasteiger partial charge < -0.3 is 9.64 Å². The van der Waals surface area contributed by atoms with Crippen molar-refractivity contribution in [2.24, 2.45) is 7.05 Å². The smallest absolute Gasteiger partial charge is 0.419 e. The summed E-state index contributed by atoms with van der Waals surface area (Å²) in [6.45, 7) is 0.785. The molecule has 150 valence electrons. The van der Waals surface area contributed by atoms with E-state index in [4.69, 9.17) is 4.74 Å². The Hall–Kier alpha value is -2.84. The number of halogens is 3. The van der Waals surface area contributed by atoms with E-state index in [1.54, 1.807) is 4.90 Å². The third-order valence-electron chi connectivity index (χ3n) is 4.63. The Morgan fingerprint density at radius 1 is 1.18 bits per heavy atom. The summed E-state index contributed by atoms with van der Waals surface area (Å²) in [5.41, 5.74) is -0.563. The zero-order chi connectivity index (χ0) is 20.3. The zero-order valence-electron chi connectivity index (χ0n) is 15.3. The Labute approximate surface area is 159 Å². The maximum absolute atomic E-state index is 13.1. The van der Waals surface area contributed by atoms with Gasteiger partial charge >= 0.3 is 6.18 Å². The number of alkyl halides is 3. The molecule has 0 unspecified atom stereocenters. The lowest BCUT2D eigenvalue weighted by molar-refractivity contribution is -0.139. The van der Waals surface area contributed by atoms with Gasteiger partial charge in [0.05, 0.1) is 17.7 Å². The van der Waals surface area contributed by atoms with Gasteiger partial charge in [-0.2, -0.15) is 18.3 Å². The summed E-state index contributed by atoms with van der Waals surface area (Å²) >= 11 is 0. The number of carbonyl (C=O) groups is 1. The average molecular weight is 395 g/mol. The minimum absolute atomic E-state index is 0.0660. The first-order valence-electron chi connectivity index (χ1n) is 8.88. The fourth-order valence-corrected chi connectivity index (χ4v) is 3.12. The Morgan fingerprint density at radius 3 is 2.50 bits per heavy atom. The monoisotopic (exact) mass is 395 g/mol. The maximum Gasteiger partial charge on any atom is 0.419 e. The van der Waals surface area contributed by atoms with E-state index in [1.807, 2.05) is 0 Å². The van der Waals surface area contributed by atoms with E-state index in [-0.39, 0.29) is 29.7 Å². The standard InChI is InChI=1S/C19H20F3N3O3/c1-24-17(26)7-6-13(23-24)12-18(27)25-10-8-14(9-11-25)28-16-5-3-2-4-15(16)19(20,21)22/h2-7,14H,8-12H2,1H3. The van der Waals surface area contributed by atoms with E-state index in [2.05, 4.69) is 5.10 Å². The number of piperidine rings is 1. The van der Waals surface area contributed by atoms with Gasteiger partial charge in [0.2, 0.25) is 5.91 Å². The van der Waals surface area contributed by atoms with Crippen LogP contribution in [0.1, 0.15) is 24.1 Å². The molecule has 0 radical (unpaired) electrons. The molecule has 1 amide bonds. The molecule has 2 aromatic rings. The number of ether oxygens (including phenoxy) is 1. The number of aryl methyl sites for hydroxylation is 1. The van der Waals surface area contributed by atoms with E-state index in [0.717, 1.165) is 6.07 Å². The normalized spacial score (nSPS) is 15.5. The summed E-state index contributed by atoms with van der Waals surface area (Å²) in [4.78, 5) is 25.4. The highest BCUT2D eigenvalue weighted by atomic mass is 19.4. The molecule has 1 saturated heterocycles. The summed E-state index contributed by atoms with van der Waals surface area (Å²) in [6, 6.07) is 8.01. The van der Waals surface area contributed by atoms with Crippen LogP contribution >= 0.6 is 0 Å². The third kappa shape index (κ3) is 4.71. The predicted molar refractivity (Wildman–Crippen MR) is 94.9 cm³/mol. The first-order valence-corrected chi connectivity index (χ1v) is 8.88. The van der Waals surface area contributed by atoms with Crippen LogP contribution in [0.15, 0.2) is 41.2 Å². The van der Waals surface area contributed by atoms with Crippen LogP contribution in [-0.2, 0) is 24.4 Å². The molecule has 1 aromatic carbocycles. The molecule has 1 aromatic heterocycles. The summed E-state index contributed by atoms with van der Waals surface area (Å²) in [7, 11) is 1.51. The molecular weight excluding hydrogens is 375 g/mol. The zero-order valence-corrected chi connectivity index (χ0v) is 15.3. The molecule has 3 rings (SSSR count). The number of hydrogen-bond donors (Lipinski definition) is 0. The highest BCUT2D eigenvalue weighted by Crippen LogP contribution is 2.36. The number of hydrogen-bond acceptors (Lipinski definition) is 4. The van der Waals surface area contributed by atoms with Gasteiger partial charge in [-0.3, -0.25) is 9.59 Å². The van der Waals surface area contributed by atoms with Gasteiger partial charge in [0, 0.05) is 39.0 Å². The molecular formula is C19H20F3N3O3. The number of benzene rings is 1. The van der Waals surface area contributed by atoms with E-state index < -0.39 is 11.7 Å². The molecule has 0 N–H and O–H groups in total. The van der Waals surface area contributed by atoms with E-state index in [0.29, 0.717) is 31.6 Å². The second-order valence-corrected chi connectivity index (χ2v) is 6.66. The molecule has 2 heterocycles. The topological polar surface area (TPSA) is 64.4 Å². The minimum atomic E-state index is -4.48. The summed E-state index contributed by atoms with van der Waals surface area (Å²) in [6.07, 6.45) is -3.91. The van der Waals surface area contributed by atoms with Gasteiger partial charge in [-0.1, -0.05) is 12.1 Å². The van der Waals surface area contributed by atoms with Gasteiger partial charge in [0.25, 0.3) is 5.56 Å². The molecule has 1 aliphatic heterocycles. The lowest BCUT2D eigenvalue weighted by Gasteiger charge is -2.32. The van der Waals surface area contributed by atoms with Crippen LogP contribution in [0, 0.1) is 0 Å². The molecule has 0 atom stereocenters. The second kappa shape index (κ2) is 8.04. The fourth-order valence-electron chi connectivity index (χ4n) is 3.12. The highest BCUT2D eigenvalue weighted by Gasteiger charge is 2.35. The molecule has 1 fully saturated rings. The van der Waals surface area contributed by atoms with Crippen molar-refractivity contribution in [2.45, 2.75) is 31.5 Å². The Morgan fingerprint density at radius 2 is 1.86 bits per heavy atom. The van der Waals surface area contributed by atoms with E-state index >= 15 is 0 Å². The summed E-state index contributed by atoms with van der Waals surface area (Å²) in [5.74, 6) is -0.325. The van der Waals surface area contributed by atoms with Gasteiger partial charge in [-0.05, 0) is 18.2 Å². The van der Waals surface area contributed by atoms with E-state index in [9.17, 15) is 22.8 Å². The number of likely N-dealkylation sites (tertiary alicyclic amines) is 1. The molecule has 6 nitrogen and oxygen atoms in total. The Bertz CT molecular complexity index is 903. The average Bonchev–Trinajstić information content (AvgIpc) is 2.65. The lowest BCUT2D eigenvalue weighted by atomic mass is 10.1. The van der Waals surface area contributed by atoms with Gasteiger partial charge in [-0.15, -0.1) is 0 Å². The van der Waals surface area contributed by atoms with Crippen LogP contribution in [0.2, 0.25) is 0 Å². The summed E-state index contributed by atoms with van der Waals surface area (Å²) < 4.78 is 46.0. The first-order chi connectivity index (χ1) is 13.2. The van der Waals surface area contributed by atoms with Crippen molar-refractivity contribution in [1.82, 2.24) is 14.7 Å². The van der Waals surface area contributed by atoms with Crippen LogP contribution in [0.3, 0.4) is 0 Å². The lowest BCUT2D eigenvalue weighted by Crippen LogP contribution is -2.42. The number of amides is 1. The quantitative estimate of drug-likeness (QED) is 0.798. The summed E-state index contributed by atoms with van der Waals surface area (Å²) in [5, 5.41) is 4.04. The van der Waals surface area contributed by atoms with Crippen molar-refractivity contribution >= 4 is 5.91 Å². The fraction of sp³-hybridized carbons (Fsp3) is 0.421. The van der Waals surface area contributed by atoms with Crippen LogP contribution in [0.5, 0.6) is 5.75 Å². The maximum atomic E-state index is 13.1. The van der Waals surface area contributed by atoms with Crippen molar-refractivity contribution in [3.63, 3.8) is 0 Å². The highest BCUT2D eigenvalue weighted by molar-refractivity contribution is 5.78. The van der Waals surface area contributed by atoms with Crippen LogP contribution < -0.4 is 10.3 Å². The van der Waals surface area contributed by atoms with Crippen LogP contribution in [0.25, 0.3) is 0 Å². The number of nitrogens with zero attached hydrogens (tertiary/aromatic N) is 3. The molecule has 28 heavy (non-hydrogen) atoms. The molecule has 0 bridgehead atoms. The number of aromatic nitrogens is 2. The predicted octanol–water partition coefficient (Wildman–Crippen LogP) is 2.41. The van der Waals surface area contributed by atoms with Gasteiger partial charge in [-0.25, -0.2) is 4.68 Å². The van der Waals surface area contributed by atoms with Crippen molar-refractivity contribution in [2.75, 3.05) is 13.1 Å². The molecule has 0 aliphatic carbocycles. The van der Waals surface area contributed by atoms with Crippen molar-refractivity contribution in [3.8, 4) is 5.75 Å². The third-order valence-corrected chi connectivity index (χ3v) is 4.63. The van der Waals surface area contributed by atoms with Crippen molar-refractivity contribution < 1.29 is 22.7 Å². The van der Waals surface area contributed by atoms with Crippen molar-refractivity contribution in [3.05, 3.63) is 58.0 Å². The van der Waals surface area contributed by atoms with Crippen molar-refractivity contribution in [1.29, 1.82) is 0 Å². The van der Waals surface area contributed by atoms with Gasteiger partial charge in [0.1, 0.15) is 11.9 Å². The molecule has 0 spiro atoms. The SMILES string of the molecule is Cn1nc(CC(=O)N2CCC(Oc3ccccc3C(F)(F)F)CC2)ccc1=O. The Kier molecular flexibility index (Phi) is 5.71. The van der Waals surface area contributed by atoms with Gasteiger partial charge in [0.15, 0.2) is 0 Å². The molecule has 1 aliphatic rings. The molecule has 9 heteroatoms. The first kappa shape index (κ1) is 19.9. The van der Waals surface area contributed by atoms with E-state index in [1.165, 1.54) is 42.1 Å². The minimum Gasteiger partial charge on any atom is -0.490 e. The number of rotatable bonds is 4. The van der Waals surface area contributed by atoms with Crippen LogP contribution in [-0.4, -0.2) is 39.8 Å². The largest absolute Gasteiger partial charge is 0.490 e.